The number of carbonyl (C=O) groups excluding carboxylic acids is 2. The molecule has 0 saturated carbocycles. The highest BCUT2D eigenvalue weighted by Crippen LogP contribution is 2.38. The minimum atomic E-state index is -0.662. The van der Waals surface area contributed by atoms with Gasteiger partial charge < -0.3 is 19.9 Å². The third kappa shape index (κ3) is 5.81. The highest BCUT2D eigenvalue weighted by molar-refractivity contribution is 5.99. The van der Waals surface area contributed by atoms with Gasteiger partial charge in [-0.3, -0.25) is 4.79 Å². The van der Waals surface area contributed by atoms with E-state index in [1.54, 1.807) is 12.1 Å². The van der Waals surface area contributed by atoms with Gasteiger partial charge in [0, 0.05) is 5.56 Å². The molecule has 2 aromatic carbocycles. The quantitative estimate of drug-likeness (QED) is 0.307. The average molecular weight is 409 g/mol. The molecule has 6 nitrogen and oxygen atoms in total. The van der Waals surface area contributed by atoms with E-state index in [1.165, 1.54) is 14.2 Å². The first-order valence-corrected chi connectivity index (χ1v) is 9.50. The Balaban J connectivity index is 2.75. The van der Waals surface area contributed by atoms with Crippen molar-refractivity contribution < 1.29 is 23.8 Å². The Labute approximate surface area is 176 Å². The van der Waals surface area contributed by atoms with Crippen molar-refractivity contribution >= 4 is 24.1 Å². The lowest BCUT2D eigenvalue weighted by Crippen LogP contribution is -2.22. The number of methoxy groups -OCH3 is 2. The molecule has 0 spiro atoms. The fraction of sp³-hybridized carbons (Fsp3) is 0.250. The van der Waals surface area contributed by atoms with Gasteiger partial charge in [0.1, 0.15) is 11.3 Å². The third-order valence-corrected chi connectivity index (χ3v) is 4.34. The van der Waals surface area contributed by atoms with Crippen molar-refractivity contribution in [2.45, 2.75) is 20.3 Å². The van der Waals surface area contributed by atoms with Crippen molar-refractivity contribution in [1.29, 1.82) is 0 Å². The number of esters is 2. The number of hydrogen-bond donors (Lipinski definition) is 1. The van der Waals surface area contributed by atoms with Crippen molar-refractivity contribution in [2.24, 2.45) is 5.73 Å². The lowest BCUT2D eigenvalue weighted by atomic mass is 9.97. The summed E-state index contributed by atoms with van der Waals surface area (Å²) in [6.07, 6.45) is 5.98. The van der Waals surface area contributed by atoms with Crippen molar-refractivity contribution in [3.05, 3.63) is 70.3 Å². The Morgan fingerprint density at radius 2 is 1.77 bits per heavy atom. The Morgan fingerprint density at radius 1 is 1.07 bits per heavy atom. The summed E-state index contributed by atoms with van der Waals surface area (Å²) in [5.74, 6) is -0.692. The van der Waals surface area contributed by atoms with E-state index in [9.17, 15) is 9.59 Å². The molecule has 0 heterocycles. The molecule has 0 amide bonds. The van der Waals surface area contributed by atoms with E-state index in [-0.39, 0.29) is 17.9 Å². The van der Waals surface area contributed by atoms with Crippen LogP contribution in [0.15, 0.2) is 48.0 Å². The van der Waals surface area contributed by atoms with Gasteiger partial charge >= 0.3 is 11.9 Å². The molecule has 0 aromatic heterocycles. The molecule has 0 radical (unpaired) electrons. The second-order valence-corrected chi connectivity index (χ2v) is 6.75. The average Bonchev–Trinajstić information content (AvgIpc) is 2.76. The fourth-order valence-electron chi connectivity index (χ4n) is 2.84. The molecule has 2 N–H and O–H groups in total. The summed E-state index contributed by atoms with van der Waals surface area (Å²) >= 11 is 0. The van der Waals surface area contributed by atoms with E-state index < -0.39 is 11.9 Å². The van der Waals surface area contributed by atoms with Crippen LogP contribution in [0.5, 0.6) is 11.5 Å². The zero-order valence-corrected chi connectivity index (χ0v) is 17.7. The predicted octanol–water partition coefficient (Wildman–Crippen LogP) is 4.03. The Morgan fingerprint density at radius 3 is 2.33 bits per heavy atom. The summed E-state index contributed by atoms with van der Waals surface area (Å²) in [5.41, 5.74) is 8.68. The van der Waals surface area contributed by atoms with E-state index in [0.717, 1.165) is 11.1 Å². The number of hydrogen-bond acceptors (Lipinski definition) is 6. The van der Waals surface area contributed by atoms with Crippen LogP contribution in [0.25, 0.3) is 12.2 Å². The van der Waals surface area contributed by atoms with Gasteiger partial charge in [-0.1, -0.05) is 54.1 Å². The minimum absolute atomic E-state index is 0.0989. The van der Waals surface area contributed by atoms with Crippen molar-refractivity contribution in [2.75, 3.05) is 20.8 Å². The van der Waals surface area contributed by atoms with Crippen LogP contribution in [-0.2, 0) is 16.0 Å². The van der Waals surface area contributed by atoms with Gasteiger partial charge in [0.05, 0.1) is 20.8 Å². The first-order valence-electron chi connectivity index (χ1n) is 9.50. The molecule has 6 heteroatoms. The lowest BCUT2D eigenvalue weighted by molar-refractivity contribution is -0.132. The van der Waals surface area contributed by atoms with Gasteiger partial charge in [0.25, 0.3) is 0 Å². The normalized spacial score (nSPS) is 10.6. The number of rotatable bonds is 8. The molecule has 2 rings (SSSR count). The molecule has 2 aromatic rings. The second kappa shape index (κ2) is 11.0. The first-order chi connectivity index (χ1) is 14.4. The molecule has 0 saturated heterocycles. The molecule has 0 atom stereocenters. The Kier molecular flexibility index (Phi) is 8.38. The molecule has 0 aliphatic heterocycles. The molecule has 0 aliphatic carbocycles. The maximum absolute atomic E-state index is 12.7. The van der Waals surface area contributed by atoms with Crippen LogP contribution < -0.4 is 15.2 Å². The van der Waals surface area contributed by atoms with Crippen LogP contribution in [0, 0.1) is 0 Å². The van der Waals surface area contributed by atoms with E-state index >= 15 is 0 Å². The molecule has 30 heavy (non-hydrogen) atoms. The summed E-state index contributed by atoms with van der Waals surface area (Å²) < 4.78 is 16.1. The van der Waals surface area contributed by atoms with Crippen LogP contribution >= 0.6 is 0 Å². The highest BCUT2D eigenvalue weighted by Gasteiger charge is 2.26. The van der Waals surface area contributed by atoms with Gasteiger partial charge in [-0.25, -0.2) is 4.79 Å². The molecule has 0 aliphatic rings. The summed E-state index contributed by atoms with van der Waals surface area (Å²) in [7, 11) is 2.81. The zero-order valence-electron chi connectivity index (χ0n) is 17.7. The maximum Gasteiger partial charge on any atom is 0.342 e. The van der Waals surface area contributed by atoms with Crippen LogP contribution in [0.4, 0.5) is 0 Å². The van der Waals surface area contributed by atoms with E-state index in [1.807, 2.05) is 56.3 Å². The number of benzene rings is 2. The largest absolute Gasteiger partial charge is 0.496 e. The summed E-state index contributed by atoms with van der Waals surface area (Å²) in [4.78, 5) is 24.7. The Bertz CT molecular complexity index is 957. The third-order valence-electron chi connectivity index (χ3n) is 4.34. The Hall–Kier alpha value is -3.38. The first kappa shape index (κ1) is 22.9. The SMILES string of the molecule is COC(=O)c1c(/C=C/c2ccccc2)cc(OC)c(CC=C(C)C)c1OC(=O)CN. The van der Waals surface area contributed by atoms with Gasteiger partial charge in [0.2, 0.25) is 0 Å². The van der Waals surface area contributed by atoms with Crippen LogP contribution in [0.3, 0.4) is 0 Å². The molecular weight excluding hydrogens is 382 g/mol. The summed E-state index contributed by atoms with van der Waals surface area (Å²) in [6, 6.07) is 11.4. The molecule has 158 valence electrons. The number of carbonyl (C=O) groups is 2. The standard InChI is InChI=1S/C24H27NO5/c1-16(2)10-13-19-20(28-3)14-18(12-11-17-8-6-5-7-9-17)22(24(27)29-4)23(19)30-21(26)15-25/h5-12,14H,13,15,25H2,1-4H3/b12-11+. The predicted molar refractivity (Wildman–Crippen MR) is 118 cm³/mol. The highest BCUT2D eigenvalue weighted by atomic mass is 16.5. The van der Waals surface area contributed by atoms with Crippen LogP contribution in [0.2, 0.25) is 0 Å². The number of ether oxygens (including phenoxy) is 3. The van der Waals surface area contributed by atoms with Gasteiger partial charge in [-0.2, -0.15) is 0 Å². The zero-order chi connectivity index (χ0) is 22.1. The van der Waals surface area contributed by atoms with Crippen LogP contribution in [-0.4, -0.2) is 32.7 Å². The van der Waals surface area contributed by atoms with E-state index in [2.05, 4.69) is 0 Å². The van der Waals surface area contributed by atoms with Crippen molar-refractivity contribution in [1.82, 2.24) is 0 Å². The molecule has 0 fully saturated rings. The van der Waals surface area contributed by atoms with E-state index in [4.69, 9.17) is 19.9 Å². The molecule has 0 unspecified atom stereocenters. The smallest absolute Gasteiger partial charge is 0.342 e. The molecule has 0 bridgehead atoms. The topological polar surface area (TPSA) is 87.9 Å². The van der Waals surface area contributed by atoms with E-state index in [0.29, 0.717) is 23.3 Å². The van der Waals surface area contributed by atoms with Crippen molar-refractivity contribution in [3.63, 3.8) is 0 Å². The summed E-state index contributed by atoms with van der Waals surface area (Å²) in [6.45, 7) is 3.58. The van der Waals surface area contributed by atoms with Gasteiger partial charge in [-0.15, -0.1) is 0 Å². The van der Waals surface area contributed by atoms with Crippen molar-refractivity contribution in [3.8, 4) is 11.5 Å². The lowest BCUT2D eigenvalue weighted by Gasteiger charge is -2.18. The monoisotopic (exact) mass is 409 g/mol. The van der Waals surface area contributed by atoms with Gasteiger partial charge in [0.15, 0.2) is 5.75 Å². The second-order valence-electron chi connectivity index (χ2n) is 6.75. The number of allylic oxidation sites excluding steroid dienone is 2. The van der Waals surface area contributed by atoms with Crippen LogP contribution in [0.1, 0.15) is 40.9 Å². The summed E-state index contributed by atoms with van der Waals surface area (Å²) in [5, 5.41) is 0. The minimum Gasteiger partial charge on any atom is -0.496 e. The number of nitrogens with two attached hydrogens (primary N) is 1. The fourth-order valence-corrected chi connectivity index (χ4v) is 2.84. The van der Waals surface area contributed by atoms with Gasteiger partial charge in [-0.05, 0) is 37.5 Å². The maximum atomic E-state index is 12.7. The molecular formula is C24H27NO5.